The van der Waals surface area contributed by atoms with E-state index in [0.29, 0.717) is 16.6 Å². The summed E-state index contributed by atoms with van der Waals surface area (Å²) in [5.74, 6) is -0.517. The number of benzene rings is 1. The van der Waals surface area contributed by atoms with Crippen molar-refractivity contribution in [3.8, 4) is 5.69 Å². The van der Waals surface area contributed by atoms with Crippen LogP contribution < -0.4 is 5.56 Å². The zero-order valence-corrected chi connectivity index (χ0v) is 14.3. The minimum absolute atomic E-state index is 0.187. The highest BCUT2D eigenvalue weighted by atomic mass is 16.5. The fraction of sp³-hybridized carbons (Fsp3) is 0.158. The van der Waals surface area contributed by atoms with Gasteiger partial charge in [-0.3, -0.25) is 9.36 Å². The zero-order chi connectivity index (χ0) is 18.3. The van der Waals surface area contributed by atoms with E-state index in [1.165, 1.54) is 24.0 Å². The van der Waals surface area contributed by atoms with Crippen LogP contribution in [0.15, 0.2) is 53.7 Å². The fourth-order valence-corrected chi connectivity index (χ4v) is 3.10. The van der Waals surface area contributed by atoms with Crippen molar-refractivity contribution >= 4 is 22.5 Å². The van der Waals surface area contributed by atoms with E-state index in [9.17, 15) is 9.59 Å². The molecule has 0 bridgehead atoms. The molecular formula is C19H16N4O3. The number of rotatable bonds is 3. The van der Waals surface area contributed by atoms with Crippen molar-refractivity contribution in [2.75, 3.05) is 7.11 Å². The number of para-hydroxylation sites is 1. The van der Waals surface area contributed by atoms with Crippen LogP contribution in [0.2, 0.25) is 0 Å². The molecule has 0 aliphatic carbocycles. The third-order valence-electron chi connectivity index (χ3n) is 4.43. The van der Waals surface area contributed by atoms with Gasteiger partial charge in [-0.1, -0.05) is 25.1 Å². The van der Waals surface area contributed by atoms with Gasteiger partial charge in [0.25, 0.3) is 5.56 Å². The summed E-state index contributed by atoms with van der Waals surface area (Å²) in [6.45, 7) is 2.05. The number of ether oxygens (including phenoxy) is 1. The minimum atomic E-state index is -0.517. The quantitative estimate of drug-likeness (QED) is 0.531. The Kier molecular flexibility index (Phi) is 3.76. The standard InChI is InChI=1S/C19H16N4O3/c1-3-12-6-4-5-7-15(12)22-9-8-16-13(18(22)24)10-20-17-14(19(25)26-2)11-21-23(16)17/h4-11H,3H2,1-2H3. The van der Waals surface area contributed by atoms with Crippen molar-refractivity contribution in [1.82, 2.24) is 19.2 Å². The predicted octanol–water partition coefficient (Wildman–Crippen LogP) is 2.38. The Balaban J connectivity index is 1.99. The second-order valence-electron chi connectivity index (χ2n) is 5.82. The summed E-state index contributed by atoms with van der Waals surface area (Å²) in [4.78, 5) is 29.1. The largest absolute Gasteiger partial charge is 0.465 e. The molecule has 0 amide bonds. The van der Waals surface area contributed by atoms with Crippen molar-refractivity contribution in [1.29, 1.82) is 0 Å². The second kappa shape index (κ2) is 6.11. The first-order valence-corrected chi connectivity index (χ1v) is 8.20. The van der Waals surface area contributed by atoms with Gasteiger partial charge in [-0.25, -0.2) is 14.3 Å². The summed E-state index contributed by atoms with van der Waals surface area (Å²) in [7, 11) is 1.30. The van der Waals surface area contributed by atoms with Gasteiger partial charge in [0.15, 0.2) is 5.65 Å². The number of carbonyl (C=O) groups excluding carboxylic acids is 1. The highest BCUT2D eigenvalue weighted by molar-refractivity contribution is 5.96. The van der Waals surface area contributed by atoms with E-state index in [4.69, 9.17) is 4.74 Å². The first-order chi connectivity index (χ1) is 12.7. The number of nitrogens with zero attached hydrogens (tertiary/aromatic N) is 4. The number of aromatic nitrogens is 4. The van der Waals surface area contributed by atoms with Crippen molar-refractivity contribution in [3.05, 3.63) is 70.4 Å². The van der Waals surface area contributed by atoms with Crippen LogP contribution in [-0.4, -0.2) is 32.2 Å². The van der Waals surface area contributed by atoms with Crippen molar-refractivity contribution in [2.24, 2.45) is 0 Å². The summed E-state index contributed by atoms with van der Waals surface area (Å²) < 4.78 is 7.84. The van der Waals surface area contributed by atoms with Gasteiger partial charge in [-0.2, -0.15) is 5.10 Å². The van der Waals surface area contributed by atoms with Crippen molar-refractivity contribution in [3.63, 3.8) is 0 Å². The maximum atomic E-state index is 13.0. The van der Waals surface area contributed by atoms with Gasteiger partial charge >= 0.3 is 5.97 Å². The summed E-state index contributed by atoms with van der Waals surface area (Å²) in [5.41, 5.74) is 2.94. The third-order valence-corrected chi connectivity index (χ3v) is 4.43. The maximum absolute atomic E-state index is 13.0. The molecule has 3 heterocycles. The van der Waals surface area contributed by atoms with Crippen LogP contribution in [0.25, 0.3) is 22.2 Å². The number of fused-ring (bicyclic) bond motifs is 3. The highest BCUT2D eigenvalue weighted by Gasteiger charge is 2.17. The first-order valence-electron chi connectivity index (χ1n) is 8.20. The topological polar surface area (TPSA) is 78.5 Å². The van der Waals surface area contributed by atoms with Crippen molar-refractivity contribution in [2.45, 2.75) is 13.3 Å². The van der Waals surface area contributed by atoms with E-state index >= 15 is 0 Å². The molecule has 0 spiro atoms. The molecule has 0 saturated carbocycles. The average molecular weight is 348 g/mol. The number of hydrogen-bond donors (Lipinski definition) is 0. The Morgan fingerprint density at radius 3 is 2.77 bits per heavy atom. The highest BCUT2D eigenvalue weighted by Crippen LogP contribution is 2.18. The number of pyridine rings is 1. The summed E-state index contributed by atoms with van der Waals surface area (Å²) in [6, 6.07) is 9.58. The third kappa shape index (κ3) is 2.28. The first kappa shape index (κ1) is 16.0. The molecule has 0 saturated heterocycles. The fourth-order valence-electron chi connectivity index (χ4n) is 3.10. The number of aryl methyl sites for hydroxylation is 1. The molecule has 4 aromatic rings. The normalized spacial score (nSPS) is 11.2. The van der Waals surface area contributed by atoms with Crippen LogP contribution in [0.5, 0.6) is 0 Å². The molecule has 0 unspecified atom stereocenters. The van der Waals surface area contributed by atoms with Gasteiger partial charge < -0.3 is 4.74 Å². The summed E-state index contributed by atoms with van der Waals surface area (Å²) >= 11 is 0. The molecule has 0 fully saturated rings. The van der Waals surface area contributed by atoms with Crippen LogP contribution in [0, 0.1) is 0 Å². The van der Waals surface area contributed by atoms with E-state index in [1.807, 2.05) is 31.2 Å². The Bertz CT molecular complexity index is 1210. The number of hydrogen-bond acceptors (Lipinski definition) is 5. The number of methoxy groups -OCH3 is 1. The Morgan fingerprint density at radius 1 is 1.19 bits per heavy atom. The van der Waals surface area contributed by atoms with Gasteiger partial charge in [0.05, 0.1) is 29.9 Å². The lowest BCUT2D eigenvalue weighted by atomic mass is 10.1. The molecule has 26 heavy (non-hydrogen) atoms. The maximum Gasteiger partial charge on any atom is 0.343 e. The Morgan fingerprint density at radius 2 is 2.00 bits per heavy atom. The molecule has 7 heteroatoms. The average Bonchev–Trinajstić information content (AvgIpc) is 3.12. The molecule has 4 rings (SSSR count). The van der Waals surface area contributed by atoms with Gasteiger partial charge in [0.2, 0.25) is 0 Å². The molecular weight excluding hydrogens is 332 g/mol. The monoisotopic (exact) mass is 348 g/mol. The Labute approximate surface area is 148 Å². The molecule has 0 atom stereocenters. The molecule has 130 valence electrons. The molecule has 0 aliphatic heterocycles. The lowest BCUT2D eigenvalue weighted by Crippen LogP contribution is -2.20. The molecule has 1 aromatic carbocycles. The van der Waals surface area contributed by atoms with Crippen LogP contribution in [-0.2, 0) is 11.2 Å². The predicted molar refractivity (Wildman–Crippen MR) is 96.8 cm³/mol. The summed E-state index contributed by atoms with van der Waals surface area (Å²) in [6.07, 6.45) is 5.41. The zero-order valence-electron chi connectivity index (χ0n) is 14.3. The SMILES string of the molecule is CCc1ccccc1-n1ccc2c(cnc3c(C(=O)OC)cnn32)c1=O. The van der Waals surface area contributed by atoms with Crippen LogP contribution >= 0.6 is 0 Å². The van der Waals surface area contributed by atoms with E-state index in [-0.39, 0.29) is 11.1 Å². The van der Waals surface area contributed by atoms with Gasteiger partial charge in [-0.15, -0.1) is 0 Å². The second-order valence-corrected chi connectivity index (χ2v) is 5.82. The molecule has 0 N–H and O–H groups in total. The van der Waals surface area contributed by atoms with Crippen LogP contribution in [0.3, 0.4) is 0 Å². The lowest BCUT2D eigenvalue weighted by Gasteiger charge is -2.11. The van der Waals surface area contributed by atoms with E-state index in [0.717, 1.165) is 17.7 Å². The van der Waals surface area contributed by atoms with E-state index < -0.39 is 5.97 Å². The molecule has 3 aromatic heterocycles. The van der Waals surface area contributed by atoms with E-state index in [2.05, 4.69) is 10.1 Å². The lowest BCUT2D eigenvalue weighted by molar-refractivity contribution is 0.0602. The van der Waals surface area contributed by atoms with Crippen LogP contribution in [0.4, 0.5) is 0 Å². The van der Waals surface area contributed by atoms with E-state index in [1.54, 1.807) is 16.8 Å². The number of carbonyl (C=O) groups is 1. The van der Waals surface area contributed by atoms with Crippen LogP contribution in [0.1, 0.15) is 22.8 Å². The van der Waals surface area contributed by atoms with Gasteiger partial charge in [-0.05, 0) is 24.1 Å². The smallest absolute Gasteiger partial charge is 0.343 e. The summed E-state index contributed by atoms with van der Waals surface area (Å²) in [5, 5.41) is 4.62. The molecule has 0 aliphatic rings. The molecule has 0 radical (unpaired) electrons. The minimum Gasteiger partial charge on any atom is -0.465 e. The molecule has 7 nitrogen and oxygen atoms in total. The van der Waals surface area contributed by atoms with Crippen molar-refractivity contribution < 1.29 is 9.53 Å². The Hall–Kier alpha value is -3.48. The van der Waals surface area contributed by atoms with Gasteiger partial charge in [0.1, 0.15) is 5.56 Å². The van der Waals surface area contributed by atoms with Gasteiger partial charge in [0, 0.05) is 12.4 Å². The number of esters is 1.